The molecule has 0 spiro atoms. The lowest BCUT2D eigenvalue weighted by Gasteiger charge is -2.43. The number of benzene rings is 1. The van der Waals surface area contributed by atoms with Gasteiger partial charge in [-0.25, -0.2) is 0 Å². The Morgan fingerprint density at radius 1 is 1.06 bits per heavy atom. The summed E-state index contributed by atoms with van der Waals surface area (Å²) in [6.45, 7) is 6.75. The summed E-state index contributed by atoms with van der Waals surface area (Å²) in [7, 11) is 0. The lowest BCUT2D eigenvalue weighted by atomic mass is 10.0. The third-order valence-electron chi connectivity index (χ3n) is 7.71. The zero-order chi connectivity index (χ0) is 22.9. The van der Waals surface area contributed by atoms with Crippen LogP contribution in [0, 0.1) is 12.8 Å². The average molecular weight is 447 g/mol. The van der Waals surface area contributed by atoms with Gasteiger partial charge in [-0.3, -0.25) is 19.5 Å². The van der Waals surface area contributed by atoms with E-state index in [4.69, 9.17) is 0 Å². The van der Waals surface area contributed by atoms with Crippen molar-refractivity contribution in [3.63, 3.8) is 0 Å². The molecule has 33 heavy (non-hydrogen) atoms. The largest absolute Gasteiger partial charge is 0.337 e. The van der Waals surface area contributed by atoms with Gasteiger partial charge in [0, 0.05) is 55.2 Å². The Morgan fingerprint density at radius 2 is 1.88 bits per heavy atom. The SMILES string of the molecule is Cc1ccc(C(=O)Nc2ccc3c(c2)C(N2CCN(C(=O)C4CCCC4)[C@@H](C)C2)CC3)cn1. The molecule has 1 saturated carbocycles. The van der Waals surface area contributed by atoms with Crippen LogP contribution in [-0.2, 0) is 11.2 Å². The summed E-state index contributed by atoms with van der Waals surface area (Å²) in [4.78, 5) is 34.6. The topological polar surface area (TPSA) is 65.5 Å². The van der Waals surface area contributed by atoms with Crippen LogP contribution in [0.25, 0.3) is 0 Å². The number of carbonyl (C=O) groups excluding carboxylic acids is 2. The van der Waals surface area contributed by atoms with Gasteiger partial charge in [0.1, 0.15) is 0 Å². The second-order valence-electron chi connectivity index (χ2n) is 9.97. The van der Waals surface area contributed by atoms with E-state index in [-0.39, 0.29) is 17.9 Å². The van der Waals surface area contributed by atoms with Crippen molar-refractivity contribution in [1.82, 2.24) is 14.8 Å². The first-order valence-electron chi connectivity index (χ1n) is 12.4. The molecule has 2 aliphatic carbocycles. The number of piperazine rings is 1. The van der Waals surface area contributed by atoms with Crippen LogP contribution < -0.4 is 5.32 Å². The molecule has 1 aromatic carbocycles. The molecule has 1 saturated heterocycles. The molecule has 1 aromatic heterocycles. The minimum Gasteiger partial charge on any atom is -0.337 e. The van der Waals surface area contributed by atoms with Gasteiger partial charge in [0.05, 0.1) is 5.56 Å². The molecule has 2 amide bonds. The number of rotatable bonds is 4. The van der Waals surface area contributed by atoms with Crippen molar-refractivity contribution in [3.8, 4) is 0 Å². The number of carbonyl (C=O) groups is 2. The van der Waals surface area contributed by atoms with E-state index in [0.29, 0.717) is 17.5 Å². The van der Waals surface area contributed by atoms with Gasteiger partial charge in [-0.1, -0.05) is 18.9 Å². The number of nitrogens with one attached hydrogen (secondary N) is 1. The van der Waals surface area contributed by atoms with E-state index >= 15 is 0 Å². The van der Waals surface area contributed by atoms with Crippen molar-refractivity contribution in [2.75, 3.05) is 25.0 Å². The number of aryl methyl sites for hydroxylation is 2. The maximum absolute atomic E-state index is 13.0. The lowest BCUT2D eigenvalue weighted by Crippen LogP contribution is -2.55. The van der Waals surface area contributed by atoms with Gasteiger partial charge in [0.2, 0.25) is 5.91 Å². The monoisotopic (exact) mass is 446 g/mol. The van der Waals surface area contributed by atoms with Crippen molar-refractivity contribution in [2.45, 2.75) is 64.5 Å². The second-order valence-corrected chi connectivity index (χ2v) is 9.97. The van der Waals surface area contributed by atoms with Gasteiger partial charge in [-0.05, 0) is 74.9 Å². The van der Waals surface area contributed by atoms with Crippen molar-refractivity contribution in [1.29, 1.82) is 0 Å². The number of pyridine rings is 1. The summed E-state index contributed by atoms with van der Waals surface area (Å²) >= 11 is 0. The molecule has 3 aliphatic rings. The number of hydrogen-bond donors (Lipinski definition) is 1. The number of hydrogen-bond acceptors (Lipinski definition) is 4. The maximum Gasteiger partial charge on any atom is 0.257 e. The Morgan fingerprint density at radius 3 is 2.61 bits per heavy atom. The normalized spacial score (nSPS) is 23.5. The lowest BCUT2D eigenvalue weighted by molar-refractivity contribution is -0.140. The highest BCUT2D eigenvalue weighted by atomic mass is 16.2. The molecule has 2 heterocycles. The van der Waals surface area contributed by atoms with Crippen LogP contribution in [-0.4, -0.2) is 52.3 Å². The summed E-state index contributed by atoms with van der Waals surface area (Å²) < 4.78 is 0. The quantitative estimate of drug-likeness (QED) is 0.758. The fourth-order valence-electron chi connectivity index (χ4n) is 5.85. The molecule has 174 valence electrons. The van der Waals surface area contributed by atoms with Crippen LogP contribution in [0.2, 0.25) is 0 Å². The Bertz CT molecular complexity index is 1030. The van der Waals surface area contributed by atoms with E-state index in [1.807, 2.05) is 25.1 Å². The number of anilines is 1. The molecule has 2 aromatic rings. The Labute approximate surface area is 196 Å². The first-order valence-corrected chi connectivity index (χ1v) is 12.4. The fraction of sp³-hybridized carbons (Fsp3) is 0.519. The average Bonchev–Trinajstić information content (AvgIpc) is 3.49. The Kier molecular flexibility index (Phi) is 6.19. The molecule has 1 aliphatic heterocycles. The van der Waals surface area contributed by atoms with E-state index in [2.05, 4.69) is 39.2 Å². The molecular formula is C27H34N4O2. The predicted molar refractivity (Wildman–Crippen MR) is 129 cm³/mol. The molecule has 6 nitrogen and oxygen atoms in total. The first-order chi connectivity index (χ1) is 16.0. The number of nitrogens with zero attached hydrogens (tertiary/aromatic N) is 3. The third kappa shape index (κ3) is 4.54. The molecule has 2 fully saturated rings. The van der Waals surface area contributed by atoms with Gasteiger partial charge >= 0.3 is 0 Å². The molecule has 1 unspecified atom stereocenters. The van der Waals surface area contributed by atoms with Crippen LogP contribution in [0.4, 0.5) is 5.69 Å². The smallest absolute Gasteiger partial charge is 0.257 e. The summed E-state index contributed by atoms with van der Waals surface area (Å²) in [5.41, 5.74) is 4.97. The fourth-order valence-corrected chi connectivity index (χ4v) is 5.85. The number of aromatic nitrogens is 1. The van der Waals surface area contributed by atoms with Gasteiger partial charge in [-0.2, -0.15) is 0 Å². The summed E-state index contributed by atoms with van der Waals surface area (Å²) in [5, 5.41) is 3.04. The van der Waals surface area contributed by atoms with Crippen LogP contribution >= 0.6 is 0 Å². The highest BCUT2D eigenvalue weighted by Gasteiger charge is 2.37. The summed E-state index contributed by atoms with van der Waals surface area (Å²) in [6, 6.07) is 10.6. The van der Waals surface area contributed by atoms with Crippen LogP contribution in [0.5, 0.6) is 0 Å². The Hall–Kier alpha value is -2.73. The van der Waals surface area contributed by atoms with E-state index in [1.165, 1.54) is 24.0 Å². The van der Waals surface area contributed by atoms with Crippen molar-refractivity contribution < 1.29 is 9.59 Å². The third-order valence-corrected chi connectivity index (χ3v) is 7.71. The summed E-state index contributed by atoms with van der Waals surface area (Å²) in [6.07, 6.45) is 8.30. The van der Waals surface area contributed by atoms with Crippen molar-refractivity contribution in [2.24, 2.45) is 5.92 Å². The zero-order valence-corrected chi connectivity index (χ0v) is 19.7. The van der Waals surface area contributed by atoms with E-state index in [9.17, 15) is 9.59 Å². The van der Waals surface area contributed by atoms with Gasteiger partial charge in [0.25, 0.3) is 5.91 Å². The molecule has 2 atom stereocenters. The first kappa shape index (κ1) is 22.1. The van der Waals surface area contributed by atoms with E-state index in [1.54, 1.807) is 6.20 Å². The van der Waals surface area contributed by atoms with Gasteiger partial charge in [-0.15, -0.1) is 0 Å². The van der Waals surface area contributed by atoms with Gasteiger partial charge in [0.15, 0.2) is 0 Å². The highest BCUT2D eigenvalue weighted by molar-refractivity contribution is 6.04. The Balaban J connectivity index is 1.26. The molecule has 0 radical (unpaired) electrons. The molecule has 0 bridgehead atoms. The number of fused-ring (bicyclic) bond motifs is 1. The zero-order valence-electron chi connectivity index (χ0n) is 19.7. The number of amides is 2. The predicted octanol–water partition coefficient (Wildman–Crippen LogP) is 4.35. The van der Waals surface area contributed by atoms with Crippen LogP contribution in [0.1, 0.15) is 72.2 Å². The molecule has 5 rings (SSSR count). The second kappa shape index (κ2) is 9.26. The van der Waals surface area contributed by atoms with Gasteiger partial charge < -0.3 is 10.2 Å². The van der Waals surface area contributed by atoms with Crippen molar-refractivity contribution >= 4 is 17.5 Å². The minimum absolute atomic E-state index is 0.135. The maximum atomic E-state index is 13.0. The molecule has 6 heteroatoms. The van der Waals surface area contributed by atoms with E-state index < -0.39 is 0 Å². The minimum atomic E-state index is -0.135. The van der Waals surface area contributed by atoms with E-state index in [0.717, 1.165) is 56.7 Å². The standard InChI is InChI=1S/C27H34N4O2/c1-18-7-8-22(16-28-18)26(32)29-23-11-9-20-10-12-25(24(20)15-23)30-13-14-31(19(2)17-30)27(33)21-5-3-4-6-21/h7-9,11,15-16,19,21,25H,3-6,10,12-14,17H2,1-2H3,(H,29,32)/t19-,25?/m0/s1. The highest BCUT2D eigenvalue weighted by Crippen LogP contribution is 2.38. The van der Waals surface area contributed by atoms with Crippen LogP contribution in [0.15, 0.2) is 36.5 Å². The summed E-state index contributed by atoms with van der Waals surface area (Å²) in [5.74, 6) is 0.493. The molecular weight excluding hydrogens is 412 g/mol. The molecule has 1 N–H and O–H groups in total. The van der Waals surface area contributed by atoms with Crippen LogP contribution in [0.3, 0.4) is 0 Å². The van der Waals surface area contributed by atoms with Crippen molar-refractivity contribution in [3.05, 3.63) is 58.9 Å².